The van der Waals surface area contributed by atoms with Crippen molar-refractivity contribution in [2.24, 2.45) is 0 Å². The molecule has 0 aliphatic rings. The Kier molecular flexibility index (Phi) is 4.22. The summed E-state index contributed by atoms with van der Waals surface area (Å²) >= 11 is 1.68. The molecule has 0 unspecified atom stereocenters. The van der Waals surface area contributed by atoms with Crippen molar-refractivity contribution in [3.63, 3.8) is 0 Å². The molecule has 0 radical (unpaired) electrons. The summed E-state index contributed by atoms with van der Waals surface area (Å²) in [6.45, 7) is 0. The normalized spacial score (nSPS) is 11.0. The lowest BCUT2D eigenvalue weighted by Gasteiger charge is -2.08. The van der Waals surface area contributed by atoms with E-state index in [1.165, 1.54) is 11.1 Å². The van der Waals surface area contributed by atoms with Crippen LogP contribution in [0.2, 0.25) is 0 Å². The minimum Gasteiger partial charge on any atom is -0.192 e. The van der Waals surface area contributed by atoms with Gasteiger partial charge in [-0.15, -0.1) is 11.8 Å². The van der Waals surface area contributed by atoms with Crippen LogP contribution in [0.15, 0.2) is 60.0 Å². The first-order valence-corrected chi connectivity index (χ1v) is 6.93. The zero-order valence-electron chi connectivity index (χ0n) is 10.1. The summed E-state index contributed by atoms with van der Waals surface area (Å²) in [4.78, 5) is 0. The van der Waals surface area contributed by atoms with E-state index in [-0.39, 0.29) is 0 Å². The summed E-state index contributed by atoms with van der Waals surface area (Å²) in [6.07, 6.45) is 2.05. The molecule has 1 nitrogen and oxygen atoms in total. The van der Waals surface area contributed by atoms with Crippen LogP contribution in [-0.2, 0) is 0 Å². The largest absolute Gasteiger partial charge is 0.192 e. The van der Waals surface area contributed by atoms with E-state index in [9.17, 15) is 0 Å². The zero-order chi connectivity index (χ0) is 12.8. The van der Waals surface area contributed by atoms with Crippen molar-refractivity contribution < 1.29 is 0 Å². The summed E-state index contributed by atoms with van der Waals surface area (Å²) in [7, 11) is 0. The smallest absolute Gasteiger partial charge is 0.0991 e. The first-order chi connectivity index (χ1) is 8.85. The van der Waals surface area contributed by atoms with Crippen LogP contribution in [0.25, 0.3) is 5.57 Å². The molecule has 0 saturated carbocycles. The van der Waals surface area contributed by atoms with Crippen molar-refractivity contribution in [3.05, 3.63) is 76.7 Å². The van der Waals surface area contributed by atoms with E-state index in [4.69, 9.17) is 5.26 Å². The quantitative estimate of drug-likeness (QED) is 0.811. The molecule has 0 atom stereocenters. The summed E-state index contributed by atoms with van der Waals surface area (Å²) in [5, 5.41) is 11.0. The predicted octanol–water partition coefficient (Wildman–Crippen LogP) is 4.31. The van der Waals surface area contributed by atoms with E-state index in [0.717, 1.165) is 5.56 Å². The third-order valence-corrected chi connectivity index (χ3v) is 3.12. The maximum Gasteiger partial charge on any atom is 0.0991 e. The van der Waals surface area contributed by atoms with Crippen molar-refractivity contribution >= 4 is 17.3 Å². The Balaban J connectivity index is 2.43. The van der Waals surface area contributed by atoms with Gasteiger partial charge in [0.15, 0.2) is 0 Å². The Bertz CT molecular complexity index is 577. The third-order valence-electron chi connectivity index (χ3n) is 2.65. The van der Waals surface area contributed by atoms with Crippen LogP contribution in [0.1, 0.15) is 16.7 Å². The number of benzene rings is 2. The molecule has 88 valence electrons. The highest BCUT2D eigenvalue weighted by Crippen LogP contribution is 2.25. The van der Waals surface area contributed by atoms with E-state index in [0.29, 0.717) is 5.56 Å². The van der Waals surface area contributed by atoms with E-state index in [1.54, 1.807) is 11.8 Å². The number of thioether (sulfide) groups is 1. The highest BCUT2D eigenvalue weighted by molar-refractivity contribution is 8.01. The summed E-state index contributed by atoms with van der Waals surface area (Å²) in [5.41, 5.74) is 4.20. The molecule has 2 heteroatoms. The highest BCUT2D eigenvalue weighted by Gasteiger charge is 2.04. The molecule has 0 fully saturated rings. The third kappa shape index (κ3) is 2.82. The van der Waals surface area contributed by atoms with Gasteiger partial charge in [-0.05, 0) is 40.5 Å². The molecule has 0 amide bonds. The molecule has 2 aromatic rings. The average Bonchev–Trinajstić information content (AvgIpc) is 2.46. The van der Waals surface area contributed by atoms with E-state index < -0.39 is 0 Å². The molecule has 0 heterocycles. The number of hydrogen-bond donors (Lipinski definition) is 0. The molecule has 0 aromatic heterocycles. The van der Waals surface area contributed by atoms with Crippen LogP contribution in [-0.4, -0.2) is 6.26 Å². The summed E-state index contributed by atoms with van der Waals surface area (Å²) < 4.78 is 0. The van der Waals surface area contributed by atoms with Crippen molar-refractivity contribution in [3.8, 4) is 6.07 Å². The molecule has 0 bridgehead atoms. The minimum atomic E-state index is 0.690. The number of hydrogen-bond acceptors (Lipinski definition) is 2. The fraction of sp³-hybridized carbons (Fsp3) is 0.0625. The van der Waals surface area contributed by atoms with Gasteiger partial charge in [-0.1, -0.05) is 42.5 Å². The number of nitriles is 1. The fourth-order valence-corrected chi connectivity index (χ4v) is 2.27. The van der Waals surface area contributed by atoms with Crippen LogP contribution in [0, 0.1) is 11.3 Å². The summed E-state index contributed by atoms with van der Waals surface area (Å²) in [6, 6.07) is 20.1. The summed E-state index contributed by atoms with van der Waals surface area (Å²) in [5.74, 6) is 0. The van der Waals surface area contributed by atoms with Gasteiger partial charge in [0.05, 0.1) is 11.6 Å². The molecular weight excluding hydrogens is 238 g/mol. The number of rotatable bonds is 3. The van der Waals surface area contributed by atoms with Crippen molar-refractivity contribution in [2.75, 3.05) is 6.26 Å². The molecule has 0 aliphatic carbocycles. The Morgan fingerprint density at radius 2 is 1.61 bits per heavy atom. The Morgan fingerprint density at radius 3 is 2.17 bits per heavy atom. The van der Waals surface area contributed by atoms with Gasteiger partial charge in [0, 0.05) is 0 Å². The molecule has 18 heavy (non-hydrogen) atoms. The second kappa shape index (κ2) is 6.09. The van der Waals surface area contributed by atoms with Crippen LogP contribution < -0.4 is 0 Å². The maximum absolute atomic E-state index is 8.82. The number of nitrogens with zero attached hydrogens (tertiary/aromatic N) is 1. The monoisotopic (exact) mass is 251 g/mol. The first-order valence-electron chi connectivity index (χ1n) is 5.64. The van der Waals surface area contributed by atoms with E-state index in [1.807, 2.05) is 48.7 Å². The zero-order valence-corrected chi connectivity index (χ0v) is 10.9. The Morgan fingerprint density at radius 1 is 1.00 bits per heavy atom. The lowest BCUT2D eigenvalue weighted by molar-refractivity contribution is 1.47. The van der Waals surface area contributed by atoms with Crippen molar-refractivity contribution in [1.29, 1.82) is 5.26 Å². The van der Waals surface area contributed by atoms with Crippen molar-refractivity contribution in [1.82, 2.24) is 0 Å². The molecule has 2 rings (SSSR count). The van der Waals surface area contributed by atoms with Gasteiger partial charge in [0.25, 0.3) is 0 Å². The maximum atomic E-state index is 8.82. The average molecular weight is 251 g/mol. The topological polar surface area (TPSA) is 23.8 Å². The van der Waals surface area contributed by atoms with E-state index in [2.05, 4.69) is 23.6 Å². The van der Waals surface area contributed by atoms with Crippen LogP contribution in [0.5, 0.6) is 0 Å². The molecular formula is C16H13NS. The lowest BCUT2D eigenvalue weighted by atomic mass is 9.99. The second-order valence-electron chi connectivity index (χ2n) is 3.82. The van der Waals surface area contributed by atoms with Gasteiger partial charge < -0.3 is 0 Å². The lowest BCUT2D eigenvalue weighted by Crippen LogP contribution is -1.87. The van der Waals surface area contributed by atoms with Gasteiger partial charge in [-0.3, -0.25) is 0 Å². The predicted molar refractivity (Wildman–Crippen MR) is 78.2 cm³/mol. The Labute approximate surface area is 112 Å². The van der Waals surface area contributed by atoms with Crippen LogP contribution >= 0.6 is 11.8 Å². The van der Waals surface area contributed by atoms with Gasteiger partial charge >= 0.3 is 0 Å². The fourth-order valence-electron chi connectivity index (χ4n) is 1.76. The van der Waals surface area contributed by atoms with Gasteiger partial charge in [0.1, 0.15) is 0 Å². The minimum absolute atomic E-state index is 0.690. The SMILES string of the molecule is CS/C=C(/c1ccccc1)c1ccc(C#N)cc1. The van der Waals surface area contributed by atoms with Crippen molar-refractivity contribution in [2.45, 2.75) is 0 Å². The molecule has 0 aliphatic heterocycles. The first kappa shape index (κ1) is 12.5. The molecule has 0 spiro atoms. The van der Waals surface area contributed by atoms with E-state index >= 15 is 0 Å². The molecule has 2 aromatic carbocycles. The second-order valence-corrected chi connectivity index (χ2v) is 4.53. The standard InChI is InChI=1S/C16H13NS/c1-18-12-16(14-5-3-2-4-6-14)15-9-7-13(11-17)8-10-15/h2-10,12H,1H3/b16-12-. The van der Waals surface area contributed by atoms with Gasteiger partial charge in [-0.2, -0.15) is 5.26 Å². The molecule has 0 N–H and O–H groups in total. The van der Waals surface area contributed by atoms with Gasteiger partial charge in [0.2, 0.25) is 0 Å². The molecule has 0 saturated heterocycles. The Hall–Kier alpha value is -1.98. The van der Waals surface area contributed by atoms with Crippen LogP contribution in [0.4, 0.5) is 0 Å². The van der Waals surface area contributed by atoms with Crippen LogP contribution in [0.3, 0.4) is 0 Å². The van der Waals surface area contributed by atoms with Gasteiger partial charge in [-0.25, -0.2) is 0 Å². The highest BCUT2D eigenvalue weighted by atomic mass is 32.2.